The van der Waals surface area contributed by atoms with E-state index >= 15 is 0 Å². The van der Waals surface area contributed by atoms with E-state index in [9.17, 15) is 9.59 Å². The quantitative estimate of drug-likeness (QED) is 0.757. The molecule has 0 fully saturated rings. The van der Waals surface area contributed by atoms with Crippen molar-refractivity contribution in [1.29, 1.82) is 0 Å². The zero-order valence-corrected chi connectivity index (χ0v) is 12.3. The van der Waals surface area contributed by atoms with Crippen molar-refractivity contribution in [1.82, 2.24) is 10.2 Å². The second kappa shape index (κ2) is 6.73. The topological polar surface area (TPSA) is 69.6 Å². The molecule has 5 heteroatoms. The standard InChI is InChI=1S/C13H26N2O3/c1-7-9(2)14-12(18)10(3)15(8-11(16)17)13(4,5)6/h9-10H,7-8H2,1-6H3,(H,14,18)(H,16,17). The first-order valence-electron chi connectivity index (χ1n) is 6.38. The number of rotatable bonds is 6. The van der Waals surface area contributed by atoms with E-state index in [0.717, 1.165) is 6.42 Å². The molecule has 0 aliphatic heterocycles. The van der Waals surface area contributed by atoms with Crippen LogP contribution >= 0.6 is 0 Å². The summed E-state index contributed by atoms with van der Waals surface area (Å²) in [5, 5.41) is 11.8. The highest BCUT2D eigenvalue weighted by Gasteiger charge is 2.32. The highest BCUT2D eigenvalue weighted by atomic mass is 16.4. The number of aliphatic carboxylic acids is 1. The first kappa shape index (κ1) is 16.9. The Kier molecular flexibility index (Phi) is 6.32. The second-order valence-electron chi connectivity index (χ2n) is 5.69. The lowest BCUT2D eigenvalue weighted by Crippen LogP contribution is -2.55. The van der Waals surface area contributed by atoms with Crippen LogP contribution in [0.2, 0.25) is 0 Å². The minimum atomic E-state index is -0.923. The predicted octanol–water partition coefficient (Wildman–Crippen LogP) is 1.47. The summed E-state index contributed by atoms with van der Waals surface area (Å²) in [4.78, 5) is 24.6. The van der Waals surface area contributed by atoms with Crippen LogP contribution in [-0.4, -0.2) is 46.1 Å². The molecule has 0 saturated carbocycles. The fourth-order valence-electron chi connectivity index (χ4n) is 1.71. The van der Waals surface area contributed by atoms with E-state index in [-0.39, 0.29) is 24.0 Å². The molecular formula is C13H26N2O3. The van der Waals surface area contributed by atoms with Gasteiger partial charge in [0, 0.05) is 11.6 Å². The van der Waals surface area contributed by atoms with Gasteiger partial charge < -0.3 is 10.4 Å². The van der Waals surface area contributed by atoms with E-state index in [4.69, 9.17) is 5.11 Å². The lowest BCUT2D eigenvalue weighted by Gasteiger charge is -2.38. The molecule has 0 aromatic carbocycles. The molecule has 18 heavy (non-hydrogen) atoms. The van der Waals surface area contributed by atoms with Crippen molar-refractivity contribution in [3.63, 3.8) is 0 Å². The Morgan fingerprint density at radius 2 is 1.78 bits per heavy atom. The van der Waals surface area contributed by atoms with Crippen molar-refractivity contribution in [3.8, 4) is 0 Å². The molecule has 0 aliphatic rings. The van der Waals surface area contributed by atoms with Gasteiger partial charge in [-0.05, 0) is 41.0 Å². The average Bonchev–Trinajstić information content (AvgIpc) is 2.22. The number of carbonyl (C=O) groups excluding carboxylic acids is 1. The maximum absolute atomic E-state index is 12.0. The molecule has 2 N–H and O–H groups in total. The van der Waals surface area contributed by atoms with Crippen molar-refractivity contribution in [2.45, 2.75) is 65.6 Å². The van der Waals surface area contributed by atoms with Crippen LogP contribution in [0.1, 0.15) is 48.0 Å². The highest BCUT2D eigenvalue weighted by molar-refractivity contribution is 5.82. The first-order chi connectivity index (χ1) is 8.09. The third-order valence-electron chi connectivity index (χ3n) is 3.02. The lowest BCUT2D eigenvalue weighted by molar-refractivity contribution is -0.142. The van der Waals surface area contributed by atoms with Gasteiger partial charge in [-0.2, -0.15) is 0 Å². The normalized spacial score (nSPS) is 15.3. The van der Waals surface area contributed by atoms with Gasteiger partial charge in [-0.3, -0.25) is 14.5 Å². The molecule has 5 nitrogen and oxygen atoms in total. The molecular weight excluding hydrogens is 232 g/mol. The van der Waals surface area contributed by atoms with Crippen LogP contribution in [0.3, 0.4) is 0 Å². The molecule has 0 aromatic rings. The Balaban J connectivity index is 4.80. The highest BCUT2D eigenvalue weighted by Crippen LogP contribution is 2.17. The molecule has 0 heterocycles. The molecule has 0 radical (unpaired) electrons. The van der Waals surface area contributed by atoms with Crippen molar-refractivity contribution in [3.05, 3.63) is 0 Å². The molecule has 0 rings (SSSR count). The Hall–Kier alpha value is -1.10. The number of carboxylic acids is 1. The zero-order chi connectivity index (χ0) is 14.5. The summed E-state index contributed by atoms with van der Waals surface area (Å²) in [6, 6.07) is -0.360. The number of carboxylic acid groups (broad SMARTS) is 1. The Bertz CT molecular complexity index is 297. The van der Waals surface area contributed by atoms with E-state index in [1.165, 1.54) is 0 Å². The number of nitrogens with one attached hydrogen (secondary N) is 1. The minimum absolute atomic E-state index is 0.103. The molecule has 0 aromatic heterocycles. The fraction of sp³-hybridized carbons (Fsp3) is 0.846. The lowest BCUT2D eigenvalue weighted by atomic mass is 10.0. The number of nitrogens with zero attached hydrogens (tertiary/aromatic N) is 1. The summed E-state index contributed by atoms with van der Waals surface area (Å²) in [5.74, 6) is -1.05. The molecule has 1 amide bonds. The average molecular weight is 258 g/mol. The summed E-state index contributed by atoms with van der Waals surface area (Å²) >= 11 is 0. The maximum atomic E-state index is 12.0. The summed E-state index contributed by atoms with van der Waals surface area (Å²) in [6.45, 7) is 11.2. The molecule has 0 saturated heterocycles. The van der Waals surface area contributed by atoms with E-state index in [1.807, 2.05) is 34.6 Å². The van der Waals surface area contributed by atoms with Gasteiger partial charge in [-0.15, -0.1) is 0 Å². The van der Waals surface area contributed by atoms with Gasteiger partial charge in [0.25, 0.3) is 0 Å². The largest absolute Gasteiger partial charge is 0.480 e. The first-order valence-corrected chi connectivity index (χ1v) is 6.38. The number of hydrogen-bond donors (Lipinski definition) is 2. The number of amides is 1. The van der Waals surface area contributed by atoms with E-state index in [0.29, 0.717) is 0 Å². The van der Waals surface area contributed by atoms with Crippen LogP contribution in [0.15, 0.2) is 0 Å². The van der Waals surface area contributed by atoms with Gasteiger partial charge in [0.1, 0.15) is 0 Å². The zero-order valence-electron chi connectivity index (χ0n) is 12.3. The summed E-state index contributed by atoms with van der Waals surface area (Å²) in [7, 11) is 0. The maximum Gasteiger partial charge on any atom is 0.317 e. The van der Waals surface area contributed by atoms with Crippen LogP contribution in [0, 0.1) is 0 Å². The molecule has 106 valence electrons. The van der Waals surface area contributed by atoms with Crippen molar-refractivity contribution in [2.75, 3.05) is 6.54 Å². The van der Waals surface area contributed by atoms with Crippen molar-refractivity contribution < 1.29 is 14.7 Å². The molecule has 0 bridgehead atoms. The Morgan fingerprint density at radius 3 is 2.11 bits per heavy atom. The van der Waals surface area contributed by atoms with Crippen LogP contribution < -0.4 is 5.32 Å². The Morgan fingerprint density at radius 1 is 1.28 bits per heavy atom. The summed E-state index contributed by atoms with van der Waals surface area (Å²) in [5.41, 5.74) is -0.370. The molecule has 2 unspecified atom stereocenters. The van der Waals surface area contributed by atoms with Crippen molar-refractivity contribution >= 4 is 11.9 Å². The monoisotopic (exact) mass is 258 g/mol. The van der Waals surface area contributed by atoms with E-state index in [1.54, 1.807) is 11.8 Å². The van der Waals surface area contributed by atoms with Crippen LogP contribution in [0.4, 0.5) is 0 Å². The van der Waals surface area contributed by atoms with Gasteiger partial charge in [-0.25, -0.2) is 0 Å². The van der Waals surface area contributed by atoms with Crippen LogP contribution in [0.5, 0.6) is 0 Å². The van der Waals surface area contributed by atoms with Crippen LogP contribution in [-0.2, 0) is 9.59 Å². The summed E-state index contributed by atoms with van der Waals surface area (Å²) < 4.78 is 0. The molecule has 2 atom stereocenters. The van der Waals surface area contributed by atoms with Gasteiger partial charge in [-0.1, -0.05) is 6.92 Å². The molecule has 0 aliphatic carbocycles. The molecule has 0 spiro atoms. The third kappa shape index (κ3) is 5.49. The third-order valence-corrected chi connectivity index (χ3v) is 3.02. The van der Waals surface area contributed by atoms with Gasteiger partial charge in [0.05, 0.1) is 12.6 Å². The van der Waals surface area contributed by atoms with Gasteiger partial charge in [0.2, 0.25) is 5.91 Å². The second-order valence-corrected chi connectivity index (χ2v) is 5.69. The van der Waals surface area contributed by atoms with Gasteiger partial charge in [0.15, 0.2) is 0 Å². The van der Waals surface area contributed by atoms with Crippen molar-refractivity contribution in [2.24, 2.45) is 0 Å². The smallest absolute Gasteiger partial charge is 0.317 e. The van der Waals surface area contributed by atoms with Crippen LogP contribution in [0.25, 0.3) is 0 Å². The van der Waals surface area contributed by atoms with Gasteiger partial charge >= 0.3 is 5.97 Å². The fourth-order valence-corrected chi connectivity index (χ4v) is 1.71. The van der Waals surface area contributed by atoms with E-state index < -0.39 is 12.0 Å². The number of hydrogen-bond acceptors (Lipinski definition) is 3. The predicted molar refractivity (Wildman–Crippen MR) is 71.5 cm³/mol. The minimum Gasteiger partial charge on any atom is -0.480 e. The Labute approximate surface area is 110 Å². The summed E-state index contributed by atoms with van der Waals surface area (Å²) in [6.07, 6.45) is 0.854. The SMILES string of the molecule is CCC(C)NC(=O)C(C)N(CC(=O)O)C(C)(C)C. The van der Waals surface area contributed by atoms with E-state index in [2.05, 4.69) is 5.32 Å². The number of carbonyl (C=O) groups is 2.